The number of alkyl halides is 3. The van der Waals surface area contributed by atoms with Gasteiger partial charge in [0.2, 0.25) is 0 Å². The zero-order valence-corrected chi connectivity index (χ0v) is 15.1. The van der Waals surface area contributed by atoms with Gasteiger partial charge in [-0.1, -0.05) is 11.6 Å². The van der Waals surface area contributed by atoms with E-state index in [2.05, 4.69) is 5.32 Å². The summed E-state index contributed by atoms with van der Waals surface area (Å²) in [6, 6.07) is 9.03. The first-order valence-electron chi connectivity index (χ1n) is 7.97. The van der Waals surface area contributed by atoms with Crippen LogP contribution >= 0.6 is 11.6 Å². The molecule has 1 heterocycles. The average molecular weight is 412 g/mol. The smallest absolute Gasteiger partial charge is 0.418 e. The third kappa shape index (κ3) is 4.45. The first kappa shape index (κ1) is 19.8. The van der Waals surface area contributed by atoms with Crippen LogP contribution in [0.15, 0.2) is 51.7 Å². The lowest BCUT2D eigenvalue weighted by Gasteiger charge is -2.14. The standard InChI is InChI=1S/C19H13ClF3NO4/c1-10-6-18(26)28-16-8-12(3-4-13(10)16)27-9-17(25)24-15-5-2-11(20)7-14(15)19(21,22)23/h2-8H,9H2,1H3,(H,24,25). The van der Waals surface area contributed by atoms with Gasteiger partial charge in [-0.05, 0) is 42.8 Å². The first-order valence-corrected chi connectivity index (χ1v) is 8.35. The van der Waals surface area contributed by atoms with Crippen LogP contribution in [0, 0.1) is 6.92 Å². The molecule has 9 heteroatoms. The molecule has 0 unspecified atom stereocenters. The Hall–Kier alpha value is -3.00. The zero-order valence-electron chi connectivity index (χ0n) is 14.4. The molecule has 0 aliphatic rings. The van der Waals surface area contributed by atoms with Gasteiger partial charge in [-0.3, -0.25) is 4.79 Å². The minimum atomic E-state index is -4.68. The summed E-state index contributed by atoms with van der Waals surface area (Å²) in [5.41, 5.74) is -1.01. The fraction of sp³-hybridized carbons (Fsp3) is 0.158. The van der Waals surface area contributed by atoms with Crippen LogP contribution < -0.4 is 15.7 Å². The minimum Gasteiger partial charge on any atom is -0.484 e. The second kappa shape index (κ2) is 7.55. The van der Waals surface area contributed by atoms with Gasteiger partial charge < -0.3 is 14.5 Å². The van der Waals surface area contributed by atoms with Crippen molar-refractivity contribution in [1.82, 2.24) is 0 Å². The van der Waals surface area contributed by atoms with Crippen molar-refractivity contribution in [2.24, 2.45) is 0 Å². The highest BCUT2D eigenvalue weighted by molar-refractivity contribution is 6.30. The molecule has 1 amide bonds. The maximum atomic E-state index is 13.1. The monoisotopic (exact) mass is 411 g/mol. The van der Waals surface area contributed by atoms with E-state index >= 15 is 0 Å². The topological polar surface area (TPSA) is 68.5 Å². The van der Waals surface area contributed by atoms with Crippen LogP contribution in [0.25, 0.3) is 11.0 Å². The molecular weight excluding hydrogens is 399 g/mol. The van der Waals surface area contributed by atoms with E-state index in [0.29, 0.717) is 5.39 Å². The van der Waals surface area contributed by atoms with Crippen molar-refractivity contribution in [2.75, 3.05) is 11.9 Å². The predicted molar refractivity (Wildman–Crippen MR) is 97.8 cm³/mol. The molecule has 5 nitrogen and oxygen atoms in total. The van der Waals surface area contributed by atoms with E-state index in [1.54, 1.807) is 19.1 Å². The number of aryl methyl sites for hydroxylation is 1. The van der Waals surface area contributed by atoms with Crippen molar-refractivity contribution in [1.29, 1.82) is 0 Å². The number of hydrogen-bond acceptors (Lipinski definition) is 4. The largest absolute Gasteiger partial charge is 0.484 e. The van der Waals surface area contributed by atoms with Crippen LogP contribution in [0.2, 0.25) is 5.02 Å². The van der Waals surface area contributed by atoms with E-state index in [4.69, 9.17) is 20.8 Å². The molecule has 0 aliphatic carbocycles. The molecule has 0 bridgehead atoms. The fourth-order valence-electron chi connectivity index (χ4n) is 2.59. The lowest BCUT2D eigenvalue weighted by Crippen LogP contribution is -2.22. The Labute approximate surface area is 161 Å². The number of carbonyl (C=O) groups excluding carboxylic acids is 1. The number of fused-ring (bicyclic) bond motifs is 1. The van der Waals surface area contributed by atoms with Crippen LogP contribution in [0.4, 0.5) is 18.9 Å². The molecule has 0 atom stereocenters. The molecule has 0 saturated heterocycles. The number of halogens is 4. The van der Waals surface area contributed by atoms with Crippen LogP contribution in [0.1, 0.15) is 11.1 Å². The summed E-state index contributed by atoms with van der Waals surface area (Å²) >= 11 is 5.60. The average Bonchev–Trinajstić information content (AvgIpc) is 2.60. The highest BCUT2D eigenvalue weighted by Crippen LogP contribution is 2.36. The Morgan fingerprint density at radius 2 is 1.93 bits per heavy atom. The van der Waals surface area contributed by atoms with E-state index in [1.807, 2.05) is 0 Å². The normalized spacial score (nSPS) is 11.5. The van der Waals surface area contributed by atoms with Gasteiger partial charge in [0.15, 0.2) is 6.61 Å². The van der Waals surface area contributed by atoms with Crippen molar-refractivity contribution < 1.29 is 27.1 Å². The van der Waals surface area contributed by atoms with Gasteiger partial charge in [-0.25, -0.2) is 4.79 Å². The van der Waals surface area contributed by atoms with Gasteiger partial charge in [0.1, 0.15) is 11.3 Å². The lowest BCUT2D eigenvalue weighted by molar-refractivity contribution is -0.137. The third-order valence-electron chi connectivity index (χ3n) is 3.85. The van der Waals surface area contributed by atoms with E-state index in [-0.39, 0.29) is 16.4 Å². The second-order valence-electron chi connectivity index (χ2n) is 5.93. The van der Waals surface area contributed by atoms with Crippen LogP contribution in [-0.4, -0.2) is 12.5 Å². The van der Waals surface area contributed by atoms with Gasteiger partial charge in [0, 0.05) is 22.5 Å². The number of ether oxygens (including phenoxy) is 1. The highest BCUT2D eigenvalue weighted by Gasteiger charge is 2.34. The molecule has 1 N–H and O–H groups in total. The van der Waals surface area contributed by atoms with Crippen molar-refractivity contribution in [3.63, 3.8) is 0 Å². The summed E-state index contributed by atoms with van der Waals surface area (Å²) in [4.78, 5) is 23.5. The molecule has 1 aromatic heterocycles. The molecule has 3 aromatic rings. The molecule has 28 heavy (non-hydrogen) atoms. The first-order chi connectivity index (χ1) is 13.1. The van der Waals surface area contributed by atoms with Crippen LogP contribution in [0.3, 0.4) is 0 Å². The van der Waals surface area contributed by atoms with Crippen LogP contribution in [0.5, 0.6) is 5.75 Å². The van der Waals surface area contributed by atoms with E-state index in [1.165, 1.54) is 18.2 Å². The van der Waals surface area contributed by atoms with Gasteiger partial charge in [0.05, 0.1) is 11.3 Å². The summed E-state index contributed by atoms with van der Waals surface area (Å²) in [6.45, 7) is 1.21. The van der Waals surface area contributed by atoms with Crippen molar-refractivity contribution >= 4 is 34.2 Å². The number of carbonyl (C=O) groups is 1. The molecule has 2 aromatic carbocycles. The number of rotatable bonds is 4. The number of nitrogens with one attached hydrogen (secondary N) is 1. The molecule has 3 rings (SSSR count). The van der Waals surface area contributed by atoms with Gasteiger partial charge in [0.25, 0.3) is 5.91 Å². The van der Waals surface area contributed by atoms with E-state index < -0.39 is 35.6 Å². The number of anilines is 1. The molecule has 146 valence electrons. The van der Waals surface area contributed by atoms with Crippen LogP contribution in [-0.2, 0) is 11.0 Å². The molecule has 0 aliphatic heterocycles. The van der Waals surface area contributed by atoms with Crippen molar-refractivity contribution in [3.05, 3.63) is 69.0 Å². The SMILES string of the molecule is Cc1cc(=O)oc2cc(OCC(=O)Nc3ccc(Cl)cc3C(F)(F)F)ccc12. The molecule has 0 fully saturated rings. The second-order valence-corrected chi connectivity index (χ2v) is 6.37. The summed E-state index contributed by atoms with van der Waals surface area (Å²) < 4.78 is 49.6. The Kier molecular flexibility index (Phi) is 5.33. The maximum absolute atomic E-state index is 13.1. The van der Waals surface area contributed by atoms with Crippen molar-refractivity contribution in [3.8, 4) is 5.75 Å². The summed E-state index contributed by atoms with van der Waals surface area (Å²) in [5.74, 6) is -0.567. The maximum Gasteiger partial charge on any atom is 0.418 e. The zero-order chi connectivity index (χ0) is 20.5. The van der Waals surface area contributed by atoms with E-state index in [0.717, 1.165) is 17.7 Å². The lowest BCUT2D eigenvalue weighted by atomic mass is 10.1. The number of hydrogen-bond donors (Lipinski definition) is 1. The molecule has 0 spiro atoms. The van der Waals surface area contributed by atoms with Crippen molar-refractivity contribution in [2.45, 2.75) is 13.1 Å². The number of benzene rings is 2. The van der Waals surface area contributed by atoms with Gasteiger partial charge in [-0.15, -0.1) is 0 Å². The Balaban J connectivity index is 1.73. The Morgan fingerprint density at radius 1 is 1.18 bits per heavy atom. The third-order valence-corrected chi connectivity index (χ3v) is 4.09. The molecule has 0 saturated carbocycles. The molecule has 0 radical (unpaired) electrons. The highest BCUT2D eigenvalue weighted by atomic mass is 35.5. The number of amides is 1. The quantitative estimate of drug-likeness (QED) is 0.627. The summed E-state index contributed by atoms with van der Waals surface area (Å²) in [5, 5.41) is 2.75. The van der Waals surface area contributed by atoms with E-state index in [9.17, 15) is 22.8 Å². The minimum absolute atomic E-state index is 0.102. The predicted octanol–water partition coefficient (Wildman–Crippen LogP) is 4.79. The van der Waals surface area contributed by atoms with Gasteiger partial charge in [-0.2, -0.15) is 13.2 Å². The molecular formula is C19H13ClF3NO4. The summed E-state index contributed by atoms with van der Waals surface area (Å²) in [6.07, 6.45) is -4.68. The fourth-order valence-corrected chi connectivity index (χ4v) is 2.76. The van der Waals surface area contributed by atoms with Gasteiger partial charge >= 0.3 is 11.8 Å². The Bertz CT molecular complexity index is 1110. The summed E-state index contributed by atoms with van der Waals surface area (Å²) in [7, 11) is 0. The Morgan fingerprint density at radius 3 is 2.64 bits per heavy atom.